The number of rotatable bonds is 6. The monoisotopic (exact) mass is 445 g/mol. The first-order chi connectivity index (χ1) is 13.1. The number of halogens is 1. The van der Waals surface area contributed by atoms with Crippen molar-refractivity contribution in [2.45, 2.75) is 25.1 Å². The molecule has 0 aromatic heterocycles. The van der Waals surface area contributed by atoms with Crippen molar-refractivity contribution in [3.05, 3.63) is 64.1 Å². The van der Waals surface area contributed by atoms with Gasteiger partial charge in [-0.3, -0.25) is 9.69 Å². The first kappa shape index (κ1) is 19.6. The maximum atomic E-state index is 12.7. The second kappa shape index (κ2) is 9.19. The molecule has 0 bridgehead atoms. The molecular formula is C20H20BrN3O2S. The van der Waals surface area contributed by atoms with Gasteiger partial charge in [0.25, 0.3) is 0 Å². The molecule has 1 aliphatic heterocycles. The summed E-state index contributed by atoms with van der Waals surface area (Å²) in [6, 6.07) is 15.6. The van der Waals surface area contributed by atoms with Crippen LogP contribution in [0.5, 0.6) is 5.75 Å². The van der Waals surface area contributed by atoms with Crippen LogP contribution in [0.3, 0.4) is 0 Å². The van der Waals surface area contributed by atoms with E-state index in [1.54, 1.807) is 18.2 Å². The molecule has 5 nitrogen and oxygen atoms in total. The molecule has 1 heterocycles. The van der Waals surface area contributed by atoms with Gasteiger partial charge in [0.2, 0.25) is 5.91 Å². The maximum Gasteiger partial charge on any atom is 0.242 e. The number of ether oxygens (including phenoxy) is 1. The fourth-order valence-electron chi connectivity index (χ4n) is 2.70. The lowest BCUT2D eigenvalue weighted by Crippen LogP contribution is -2.31. The quantitative estimate of drug-likeness (QED) is 0.478. The Labute approximate surface area is 171 Å². The van der Waals surface area contributed by atoms with E-state index in [-0.39, 0.29) is 11.2 Å². The van der Waals surface area contributed by atoms with Crippen molar-refractivity contribution in [2.75, 3.05) is 7.11 Å². The minimum atomic E-state index is -0.108. The lowest BCUT2D eigenvalue weighted by atomic mass is 10.2. The molecule has 7 heteroatoms. The minimum absolute atomic E-state index is 0.0836. The van der Waals surface area contributed by atoms with Gasteiger partial charge in [-0.05, 0) is 30.2 Å². The Balaban J connectivity index is 1.84. The summed E-state index contributed by atoms with van der Waals surface area (Å²) in [5.41, 5.74) is 1.88. The van der Waals surface area contributed by atoms with Crippen LogP contribution < -0.4 is 4.74 Å². The Bertz CT molecular complexity index is 871. The van der Waals surface area contributed by atoms with E-state index >= 15 is 0 Å². The van der Waals surface area contributed by atoms with E-state index in [0.29, 0.717) is 17.5 Å². The first-order valence-corrected chi connectivity index (χ1v) is 10.3. The van der Waals surface area contributed by atoms with Crippen molar-refractivity contribution in [1.29, 1.82) is 0 Å². The Kier molecular flexibility index (Phi) is 6.68. The van der Waals surface area contributed by atoms with Gasteiger partial charge in [-0.2, -0.15) is 5.10 Å². The van der Waals surface area contributed by atoms with E-state index in [0.717, 1.165) is 22.0 Å². The second-order valence-corrected chi connectivity index (χ2v) is 8.02. The van der Waals surface area contributed by atoms with Crippen molar-refractivity contribution in [3.8, 4) is 5.75 Å². The van der Waals surface area contributed by atoms with E-state index in [2.05, 4.69) is 26.1 Å². The number of amides is 1. The topological polar surface area (TPSA) is 54.3 Å². The van der Waals surface area contributed by atoms with E-state index in [1.807, 2.05) is 55.5 Å². The SMILES string of the molecule is CC[C@@H]1S/C(=N\N=C/c2cc(Br)ccc2OC)N(Cc2ccccc2)C1=O. The summed E-state index contributed by atoms with van der Waals surface area (Å²) in [6.07, 6.45) is 2.40. The Morgan fingerprint density at radius 3 is 2.74 bits per heavy atom. The van der Waals surface area contributed by atoms with Crippen LogP contribution >= 0.6 is 27.7 Å². The minimum Gasteiger partial charge on any atom is -0.496 e. The Hall–Kier alpha value is -2.12. The van der Waals surface area contributed by atoms with E-state index < -0.39 is 0 Å². The second-order valence-electron chi connectivity index (χ2n) is 5.94. The van der Waals surface area contributed by atoms with Crippen LogP contribution in [-0.2, 0) is 11.3 Å². The molecule has 3 rings (SSSR count). The first-order valence-electron chi connectivity index (χ1n) is 8.59. The Morgan fingerprint density at radius 1 is 1.26 bits per heavy atom. The highest BCUT2D eigenvalue weighted by Gasteiger charge is 2.36. The van der Waals surface area contributed by atoms with Crippen molar-refractivity contribution >= 4 is 45.0 Å². The van der Waals surface area contributed by atoms with Gasteiger partial charge in [0.15, 0.2) is 5.17 Å². The van der Waals surface area contributed by atoms with Crippen molar-refractivity contribution < 1.29 is 9.53 Å². The lowest BCUT2D eigenvalue weighted by molar-refractivity contribution is -0.126. The van der Waals surface area contributed by atoms with Crippen LogP contribution in [0.25, 0.3) is 0 Å². The van der Waals surface area contributed by atoms with Gasteiger partial charge >= 0.3 is 0 Å². The maximum absolute atomic E-state index is 12.7. The van der Waals surface area contributed by atoms with Crippen LogP contribution in [0.2, 0.25) is 0 Å². The van der Waals surface area contributed by atoms with Crippen LogP contribution in [0.4, 0.5) is 0 Å². The summed E-state index contributed by atoms with van der Waals surface area (Å²) >= 11 is 4.91. The van der Waals surface area contributed by atoms with Crippen molar-refractivity contribution in [1.82, 2.24) is 4.90 Å². The number of carbonyl (C=O) groups is 1. The zero-order chi connectivity index (χ0) is 19.2. The highest BCUT2D eigenvalue weighted by atomic mass is 79.9. The van der Waals surface area contributed by atoms with E-state index in [1.165, 1.54) is 11.8 Å². The molecule has 0 spiro atoms. The van der Waals surface area contributed by atoms with Gasteiger partial charge in [0.1, 0.15) is 5.75 Å². The molecule has 1 fully saturated rings. The fourth-order valence-corrected chi connectivity index (χ4v) is 4.11. The molecule has 1 atom stereocenters. The van der Waals surface area contributed by atoms with Gasteiger partial charge in [-0.25, -0.2) is 0 Å². The molecule has 0 radical (unpaired) electrons. The molecule has 1 amide bonds. The van der Waals surface area contributed by atoms with Gasteiger partial charge in [-0.15, -0.1) is 5.10 Å². The number of thioether (sulfide) groups is 1. The molecule has 1 saturated heterocycles. The van der Waals surface area contributed by atoms with Crippen LogP contribution in [0.1, 0.15) is 24.5 Å². The van der Waals surface area contributed by atoms with Crippen molar-refractivity contribution in [3.63, 3.8) is 0 Å². The van der Waals surface area contributed by atoms with Crippen LogP contribution in [0.15, 0.2) is 63.2 Å². The third-order valence-corrected chi connectivity index (χ3v) is 5.93. The summed E-state index contributed by atoms with van der Waals surface area (Å²) in [7, 11) is 1.62. The van der Waals surface area contributed by atoms with E-state index in [4.69, 9.17) is 4.74 Å². The van der Waals surface area contributed by atoms with Crippen molar-refractivity contribution in [2.24, 2.45) is 10.2 Å². The zero-order valence-electron chi connectivity index (χ0n) is 15.1. The summed E-state index contributed by atoms with van der Waals surface area (Å²) in [4.78, 5) is 14.4. The normalized spacial score (nSPS) is 18.6. The molecule has 27 heavy (non-hydrogen) atoms. The van der Waals surface area contributed by atoms with Gasteiger partial charge in [0.05, 0.1) is 25.1 Å². The third-order valence-electron chi connectivity index (χ3n) is 4.11. The number of hydrogen-bond acceptors (Lipinski definition) is 5. The molecule has 0 N–H and O–H groups in total. The standard InChI is InChI=1S/C20H20BrN3O2S/c1-3-18-19(25)24(13-14-7-5-4-6-8-14)20(27-18)23-22-12-15-11-16(21)9-10-17(15)26-2/h4-12,18H,3,13H2,1-2H3/b22-12-,23-20-/t18-/m0/s1. The molecule has 140 valence electrons. The highest BCUT2D eigenvalue weighted by molar-refractivity contribution is 9.10. The Morgan fingerprint density at radius 2 is 2.04 bits per heavy atom. The highest BCUT2D eigenvalue weighted by Crippen LogP contribution is 2.31. The number of hydrogen-bond donors (Lipinski definition) is 0. The number of methoxy groups -OCH3 is 1. The number of carbonyl (C=O) groups excluding carboxylic acids is 1. The summed E-state index contributed by atoms with van der Waals surface area (Å²) < 4.78 is 6.27. The molecule has 0 unspecified atom stereocenters. The average molecular weight is 446 g/mol. The van der Waals surface area contributed by atoms with Gasteiger partial charge in [-0.1, -0.05) is 64.9 Å². The predicted molar refractivity (Wildman–Crippen MR) is 114 cm³/mol. The molecule has 0 saturated carbocycles. The molecule has 2 aromatic carbocycles. The summed E-state index contributed by atoms with van der Waals surface area (Å²) in [6.45, 7) is 2.51. The predicted octanol–water partition coefficient (Wildman–Crippen LogP) is 4.70. The third kappa shape index (κ3) is 4.78. The van der Waals surface area contributed by atoms with Gasteiger partial charge in [0, 0.05) is 10.0 Å². The van der Waals surface area contributed by atoms with E-state index in [9.17, 15) is 4.79 Å². The smallest absolute Gasteiger partial charge is 0.242 e. The lowest BCUT2D eigenvalue weighted by Gasteiger charge is -2.15. The molecular weight excluding hydrogens is 426 g/mol. The van der Waals surface area contributed by atoms with Crippen LogP contribution in [-0.4, -0.2) is 34.5 Å². The van der Waals surface area contributed by atoms with Crippen LogP contribution in [0, 0.1) is 0 Å². The molecule has 0 aliphatic carbocycles. The number of nitrogens with zero attached hydrogens (tertiary/aromatic N) is 3. The van der Waals surface area contributed by atoms with Gasteiger partial charge < -0.3 is 4.74 Å². The molecule has 2 aromatic rings. The zero-order valence-corrected chi connectivity index (χ0v) is 17.5. The average Bonchev–Trinajstić information content (AvgIpc) is 2.98. The fraction of sp³-hybridized carbons (Fsp3) is 0.250. The number of benzene rings is 2. The number of amidine groups is 1. The summed E-state index contributed by atoms with van der Waals surface area (Å²) in [5.74, 6) is 0.796. The molecule has 1 aliphatic rings. The largest absolute Gasteiger partial charge is 0.496 e. The summed E-state index contributed by atoms with van der Waals surface area (Å²) in [5, 5.41) is 9.07.